The van der Waals surface area contributed by atoms with Gasteiger partial charge in [-0.1, -0.05) is 42.5 Å². The van der Waals surface area contributed by atoms with Crippen LogP contribution in [0.1, 0.15) is 24.5 Å². The molecule has 1 atom stereocenters. The lowest BCUT2D eigenvalue weighted by atomic mass is 9.99. The molecule has 0 saturated carbocycles. The Morgan fingerprint density at radius 3 is 2.41 bits per heavy atom. The van der Waals surface area contributed by atoms with E-state index >= 15 is 0 Å². The van der Waals surface area contributed by atoms with E-state index in [0.29, 0.717) is 17.4 Å². The molecular weight excluding hydrogens is 497 g/mol. The SMILES string of the molecule is CCNC(=NCc1ccc(S(C)(=O)=O)cc1)N1CCC(Cc2ccccc2)C1.I. The number of halogens is 1. The van der Waals surface area contributed by atoms with E-state index in [-0.39, 0.29) is 24.0 Å². The van der Waals surface area contributed by atoms with Crippen LogP contribution >= 0.6 is 24.0 Å². The molecule has 1 N–H and O–H groups in total. The molecule has 0 amide bonds. The van der Waals surface area contributed by atoms with Gasteiger partial charge in [0.15, 0.2) is 15.8 Å². The number of sulfone groups is 1. The molecule has 0 bridgehead atoms. The maximum absolute atomic E-state index is 11.6. The minimum Gasteiger partial charge on any atom is -0.357 e. The molecular formula is C22H30IN3O2S. The van der Waals surface area contributed by atoms with Crippen molar-refractivity contribution in [1.29, 1.82) is 0 Å². The summed E-state index contributed by atoms with van der Waals surface area (Å²) in [5.74, 6) is 1.57. The van der Waals surface area contributed by atoms with E-state index in [2.05, 4.69) is 47.5 Å². The fourth-order valence-corrected chi connectivity index (χ4v) is 4.20. The van der Waals surface area contributed by atoms with Gasteiger partial charge in [0.2, 0.25) is 0 Å². The summed E-state index contributed by atoms with van der Waals surface area (Å²) < 4.78 is 23.2. The molecule has 1 saturated heterocycles. The third-order valence-corrected chi connectivity index (χ3v) is 6.18. The molecule has 7 heteroatoms. The summed E-state index contributed by atoms with van der Waals surface area (Å²) in [5.41, 5.74) is 2.39. The lowest BCUT2D eigenvalue weighted by molar-refractivity contribution is 0.460. The molecule has 158 valence electrons. The van der Waals surface area contributed by atoms with Crippen LogP contribution in [0.25, 0.3) is 0 Å². The van der Waals surface area contributed by atoms with Gasteiger partial charge < -0.3 is 10.2 Å². The van der Waals surface area contributed by atoms with Crippen molar-refractivity contribution in [3.05, 3.63) is 65.7 Å². The Labute approximate surface area is 191 Å². The Bertz CT molecular complexity index is 899. The molecule has 1 unspecified atom stereocenters. The summed E-state index contributed by atoms with van der Waals surface area (Å²) in [5, 5.41) is 3.39. The maximum atomic E-state index is 11.6. The van der Waals surface area contributed by atoms with Crippen LogP contribution in [0.15, 0.2) is 64.5 Å². The van der Waals surface area contributed by atoms with Crippen LogP contribution in [0.4, 0.5) is 0 Å². The first-order chi connectivity index (χ1) is 13.5. The summed E-state index contributed by atoms with van der Waals surface area (Å²) in [6.45, 7) is 5.45. The molecule has 1 heterocycles. The highest BCUT2D eigenvalue weighted by Crippen LogP contribution is 2.21. The molecule has 5 nitrogen and oxygen atoms in total. The molecule has 1 aliphatic heterocycles. The van der Waals surface area contributed by atoms with Crippen molar-refractivity contribution in [2.75, 3.05) is 25.9 Å². The second-order valence-corrected chi connectivity index (χ2v) is 9.39. The van der Waals surface area contributed by atoms with Gasteiger partial charge in [0, 0.05) is 25.9 Å². The van der Waals surface area contributed by atoms with Crippen molar-refractivity contribution >= 4 is 39.8 Å². The molecule has 0 spiro atoms. The van der Waals surface area contributed by atoms with Crippen LogP contribution in [0, 0.1) is 5.92 Å². The van der Waals surface area contributed by atoms with E-state index in [9.17, 15) is 8.42 Å². The smallest absolute Gasteiger partial charge is 0.194 e. The standard InChI is InChI=1S/C22H29N3O2S.HI/c1-3-23-22(24-16-19-9-11-21(12-10-19)28(2,26)27)25-14-13-20(17-25)15-18-7-5-4-6-8-18;/h4-12,20H,3,13-17H2,1-2H3,(H,23,24);1H. The second kappa shape index (κ2) is 11.0. The van der Waals surface area contributed by atoms with Gasteiger partial charge in [-0.15, -0.1) is 24.0 Å². The van der Waals surface area contributed by atoms with E-state index < -0.39 is 9.84 Å². The highest BCUT2D eigenvalue weighted by molar-refractivity contribution is 14.0. The number of guanidine groups is 1. The highest BCUT2D eigenvalue weighted by Gasteiger charge is 2.24. The number of hydrogen-bond donors (Lipinski definition) is 1. The lowest BCUT2D eigenvalue weighted by Gasteiger charge is -2.21. The number of nitrogens with zero attached hydrogens (tertiary/aromatic N) is 2. The van der Waals surface area contributed by atoms with Crippen LogP contribution in [0.3, 0.4) is 0 Å². The maximum Gasteiger partial charge on any atom is 0.194 e. The zero-order valence-electron chi connectivity index (χ0n) is 17.0. The molecule has 29 heavy (non-hydrogen) atoms. The Hall–Kier alpha value is -1.61. The fraction of sp³-hybridized carbons (Fsp3) is 0.409. The van der Waals surface area contributed by atoms with Crippen molar-refractivity contribution in [3.8, 4) is 0 Å². The van der Waals surface area contributed by atoms with Gasteiger partial charge in [-0.2, -0.15) is 0 Å². The zero-order valence-corrected chi connectivity index (χ0v) is 20.2. The first-order valence-electron chi connectivity index (χ1n) is 9.82. The molecule has 1 fully saturated rings. The van der Waals surface area contributed by atoms with Gasteiger partial charge in [-0.05, 0) is 48.9 Å². The van der Waals surface area contributed by atoms with Gasteiger partial charge in [0.05, 0.1) is 11.4 Å². The van der Waals surface area contributed by atoms with Gasteiger partial charge in [0.1, 0.15) is 0 Å². The molecule has 2 aromatic rings. The Balaban J connectivity index is 0.00000300. The Morgan fingerprint density at radius 2 is 1.79 bits per heavy atom. The van der Waals surface area contributed by atoms with Crippen LogP contribution in [0.5, 0.6) is 0 Å². The van der Waals surface area contributed by atoms with Gasteiger partial charge in [-0.3, -0.25) is 0 Å². The quantitative estimate of drug-likeness (QED) is 0.354. The summed E-state index contributed by atoms with van der Waals surface area (Å²) >= 11 is 0. The average molecular weight is 527 g/mol. The first kappa shape index (κ1) is 23.7. The topological polar surface area (TPSA) is 61.8 Å². The number of rotatable bonds is 6. The van der Waals surface area contributed by atoms with E-state index in [1.54, 1.807) is 12.1 Å². The van der Waals surface area contributed by atoms with E-state index in [1.807, 2.05) is 12.1 Å². The third kappa shape index (κ3) is 6.99. The van der Waals surface area contributed by atoms with Crippen molar-refractivity contribution < 1.29 is 8.42 Å². The number of benzene rings is 2. The van der Waals surface area contributed by atoms with Crippen LogP contribution in [0.2, 0.25) is 0 Å². The second-order valence-electron chi connectivity index (χ2n) is 7.38. The summed E-state index contributed by atoms with van der Waals surface area (Å²) in [6.07, 6.45) is 3.49. The Morgan fingerprint density at radius 1 is 1.10 bits per heavy atom. The third-order valence-electron chi connectivity index (χ3n) is 5.05. The predicted octanol–water partition coefficient (Wildman–Crippen LogP) is 3.74. The average Bonchev–Trinajstić information content (AvgIpc) is 3.14. The van der Waals surface area contributed by atoms with Crippen molar-refractivity contribution in [2.24, 2.45) is 10.9 Å². The van der Waals surface area contributed by atoms with E-state index in [4.69, 9.17) is 4.99 Å². The highest BCUT2D eigenvalue weighted by atomic mass is 127. The van der Waals surface area contributed by atoms with Crippen LogP contribution < -0.4 is 5.32 Å². The first-order valence-corrected chi connectivity index (χ1v) is 11.7. The van der Waals surface area contributed by atoms with Crippen molar-refractivity contribution in [2.45, 2.75) is 31.2 Å². The van der Waals surface area contributed by atoms with E-state index in [0.717, 1.165) is 37.6 Å². The lowest BCUT2D eigenvalue weighted by Crippen LogP contribution is -2.40. The number of nitrogens with one attached hydrogen (secondary N) is 1. The number of likely N-dealkylation sites (tertiary alicyclic amines) is 1. The van der Waals surface area contributed by atoms with Crippen molar-refractivity contribution in [1.82, 2.24) is 10.2 Å². The van der Waals surface area contributed by atoms with Crippen molar-refractivity contribution in [3.63, 3.8) is 0 Å². The minimum absolute atomic E-state index is 0. The summed E-state index contributed by atoms with van der Waals surface area (Å²) in [7, 11) is -3.16. The molecule has 0 aliphatic carbocycles. The van der Waals surface area contributed by atoms with E-state index in [1.165, 1.54) is 18.2 Å². The summed E-state index contributed by atoms with van der Waals surface area (Å²) in [4.78, 5) is 7.46. The number of aliphatic imine (C=N–C) groups is 1. The van der Waals surface area contributed by atoms with Crippen LogP contribution in [-0.4, -0.2) is 45.2 Å². The van der Waals surface area contributed by atoms with Gasteiger partial charge in [-0.25, -0.2) is 13.4 Å². The number of hydrogen-bond acceptors (Lipinski definition) is 3. The van der Waals surface area contributed by atoms with Crippen LogP contribution in [-0.2, 0) is 22.8 Å². The molecule has 2 aromatic carbocycles. The zero-order chi connectivity index (χ0) is 20.0. The monoisotopic (exact) mass is 527 g/mol. The minimum atomic E-state index is -3.16. The molecule has 3 rings (SSSR count). The van der Waals surface area contributed by atoms with Gasteiger partial charge >= 0.3 is 0 Å². The largest absolute Gasteiger partial charge is 0.357 e. The molecule has 0 radical (unpaired) electrons. The summed E-state index contributed by atoms with van der Waals surface area (Å²) in [6, 6.07) is 17.6. The normalized spacial score (nSPS) is 17.1. The fourth-order valence-electron chi connectivity index (χ4n) is 3.57. The molecule has 1 aliphatic rings. The predicted molar refractivity (Wildman–Crippen MR) is 130 cm³/mol. The molecule has 0 aromatic heterocycles. The van der Waals surface area contributed by atoms with Gasteiger partial charge in [0.25, 0.3) is 0 Å². The Kier molecular flexibility index (Phi) is 8.95.